The molecule has 1 aromatic heterocycles. The molecule has 1 atom stereocenters. The SMILES string of the molecule is C1=CNC(c2ccc(-c3cc(-c4ccc(-c5cc6ccccc6n5-c5ccccc5)cc4)c4ccc5cccc6ccc3c4c56)cc2)C=C1. The van der Waals surface area contributed by atoms with E-state index in [0.717, 1.165) is 5.69 Å². The van der Waals surface area contributed by atoms with Crippen molar-refractivity contribution in [1.82, 2.24) is 9.88 Å². The maximum absolute atomic E-state index is 3.46. The monoisotopic (exact) mass is 624 g/mol. The maximum Gasteiger partial charge on any atom is 0.0695 e. The molecular weight excluding hydrogens is 593 g/mol. The minimum absolute atomic E-state index is 0.190. The molecule has 0 radical (unpaired) electrons. The summed E-state index contributed by atoms with van der Waals surface area (Å²) in [5, 5.41) is 12.5. The standard InChI is InChI=1S/C47H32N2/c1-2-12-38(13-3-1)49-44-15-5-4-9-37(44)29-45(49)34-22-18-32(19-23-34)42-30-41(31-16-20-33(21-17-31)43-14-6-7-28-48-43)39-26-24-35-10-8-11-36-25-27-40(42)47(39)46(35)36/h1-30,43,48H. The third kappa shape index (κ3) is 4.49. The highest BCUT2D eigenvalue weighted by atomic mass is 15.0. The summed E-state index contributed by atoms with van der Waals surface area (Å²) in [4.78, 5) is 0. The summed E-state index contributed by atoms with van der Waals surface area (Å²) < 4.78 is 2.37. The van der Waals surface area contributed by atoms with E-state index in [2.05, 4.69) is 180 Å². The molecule has 10 rings (SSSR count). The first kappa shape index (κ1) is 27.7. The molecule has 2 heterocycles. The lowest BCUT2D eigenvalue weighted by Gasteiger charge is -2.19. The first-order chi connectivity index (χ1) is 24.3. The van der Waals surface area contributed by atoms with Crippen LogP contribution in [0.4, 0.5) is 0 Å². The van der Waals surface area contributed by atoms with Crippen molar-refractivity contribution in [3.8, 4) is 39.2 Å². The number of aromatic nitrogens is 1. The number of benzene rings is 8. The zero-order chi connectivity index (χ0) is 32.3. The van der Waals surface area contributed by atoms with E-state index in [0.29, 0.717) is 0 Å². The highest BCUT2D eigenvalue weighted by Gasteiger charge is 2.18. The first-order valence-corrected chi connectivity index (χ1v) is 17.0. The second-order valence-corrected chi connectivity index (χ2v) is 13.0. The summed E-state index contributed by atoms with van der Waals surface area (Å²) in [6, 6.07) is 58.3. The van der Waals surface area contributed by atoms with Gasteiger partial charge in [0.1, 0.15) is 0 Å². The number of rotatable bonds is 5. The Kier molecular flexibility index (Phi) is 6.28. The Morgan fingerprint density at radius 3 is 1.80 bits per heavy atom. The van der Waals surface area contributed by atoms with Gasteiger partial charge < -0.3 is 9.88 Å². The summed E-state index contributed by atoms with van der Waals surface area (Å²) >= 11 is 0. The van der Waals surface area contributed by atoms with Crippen LogP contribution in [-0.4, -0.2) is 4.57 Å². The Balaban J connectivity index is 1.15. The van der Waals surface area contributed by atoms with Crippen molar-refractivity contribution in [1.29, 1.82) is 0 Å². The normalized spacial score (nSPS) is 14.3. The van der Waals surface area contributed by atoms with Gasteiger partial charge in [-0.25, -0.2) is 0 Å². The topological polar surface area (TPSA) is 17.0 Å². The molecule has 0 amide bonds. The molecule has 1 aliphatic heterocycles. The molecule has 49 heavy (non-hydrogen) atoms. The highest BCUT2D eigenvalue weighted by molar-refractivity contribution is 6.28. The average molecular weight is 625 g/mol. The fraction of sp³-hybridized carbons (Fsp3) is 0.0213. The average Bonchev–Trinajstić information content (AvgIpc) is 3.57. The molecule has 9 aromatic rings. The van der Waals surface area contributed by atoms with Crippen molar-refractivity contribution in [3.05, 3.63) is 188 Å². The molecule has 1 aliphatic rings. The van der Waals surface area contributed by atoms with Gasteiger partial charge in [-0.3, -0.25) is 0 Å². The van der Waals surface area contributed by atoms with Crippen LogP contribution in [0.5, 0.6) is 0 Å². The van der Waals surface area contributed by atoms with Crippen LogP contribution in [-0.2, 0) is 0 Å². The van der Waals surface area contributed by atoms with Crippen LogP contribution in [0.15, 0.2) is 182 Å². The van der Waals surface area contributed by atoms with Gasteiger partial charge in [0.25, 0.3) is 0 Å². The number of allylic oxidation sites excluding steroid dienone is 2. The number of dihydropyridines is 1. The van der Waals surface area contributed by atoms with Crippen molar-refractivity contribution >= 4 is 43.2 Å². The number of hydrogen-bond acceptors (Lipinski definition) is 1. The number of nitrogens with zero attached hydrogens (tertiary/aromatic N) is 1. The summed E-state index contributed by atoms with van der Waals surface area (Å²) in [5.41, 5.74) is 11.0. The lowest BCUT2D eigenvalue weighted by Crippen LogP contribution is -2.14. The van der Waals surface area contributed by atoms with E-state index in [-0.39, 0.29) is 6.04 Å². The van der Waals surface area contributed by atoms with Crippen LogP contribution < -0.4 is 5.32 Å². The van der Waals surface area contributed by atoms with E-state index in [1.807, 2.05) is 12.3 Å². The molecule has 0 aliphatic carbocycles. The van der Waals surface area contributed by atoms with Crippen molar-refractivity contribution < 1.29 is 0 Å². The maximum atomic E-state index is 3.46. The Hall–Kier alpha value is -6.38. The summed E-state index contributed by atoms with van der Waals surface area (Å²) in [6.45, 7) is 0. The van der Waals surface area contributed by atoms with Crippen LogP contribution >= 0.6 is 0 Å². The van der Waals surface area contributed by atoms with E-state index in [1.54, 1.807) is 0 Å². The van der Waals surface area contributed by atoms with Crippen LogP contribution in [0.3, 0.4) is 0 Å². The summed E-state index contributed by atoms with van der Waals surface area (Å²) in [5.74, 6) is 0. The number of para-hydroxylation sites is 2. The molecule has 230 valence electrons. The van der Waals surface area contributed by atoms with Gasteiger partial charge >= 0.3 is 0 Å². The van der Waals surface area contributed by atoms with E-state index >= 15 is 0 Å². The van der Waals surface area contributed by atoms with Gasteiger partial charge in [0.2, 0.25) is 0 Å². The molecule has 2 nitrogen and oxygen atoms in total. The van der Waals surface area contributed by atoms with E-state index < -0.39 is 0 Å². The third-order valence-electron chi connectivity index (χ3n) is 10.2. The Morgan fingerprint density at radius 1 is 0.469 bits per heavy atom. The van der Waals surface area contributed by atoms with E-state index in [9.17, 15) is 0 Å². The van der Waals surface area contributed by atoms with E-state index in [4.69, 9.17) is 0 Å². The fourth-order valence-electron chi connectivity index (χ4n) is 7.87. The highest BCUT2D eigenvalue weighted by Crippen LogP contribution is 2.44. The second-order valence-electron chi connectivity index (χ2n) is 13.0. The molecule has 0 fully saturated rings. The van der Waals surface area contributed by atoms with Crippen LogP contribution in [0.25, 0.3) is 82.4 Å². The molecule has 0 saturated carbocycles. The van der Waals surface area contributed by atoms with Gasteiger partial charge in [0.15, 0.2) is 0 Å². The number of nitrogens with one attached hydrogen (secondary N) is 1. The van der Waals surface area contributed by atoms with Gasteiger partial charge in [-0.2, -0.15) is 0 Å². The number of fused-ring (bicyclic) bond motifs is 1. The number of hydrogen-bond donors (Lipinski definition) is 1. The van der Waals surface area contributed by atoms with Gasteiger partial charge in [-0.05, 0) is 108 Å². The van der Waals surface area contributed by atoms with Gasteiger partial charge in [-0.1, -0.05) is 140 Å². The zero-order valence-corrected chi connectivity index (χ0v) is 26.8. The van der Waals surface area contributed by atoms with Crippen LogP contribution in [0.1, 0.15) is 11.6 Å². The molecule has 1 unspecified atom stereocenters. The van der Waals surface area contributed by atoms with Crippen LogP contribution in [0.2, 0.25) is 0 Å². The predicted octanol–water partition coefficient (Wildman–Crippen LogP) is 12.2. The quantitative estimate of drug-likeness (QED) is 0.189. The largest absolute Gasteiger partial charge is 0.381 e. The lowest BCUT2D eigenvalue weighted by atomic mass is 9.85. The Bertz CT molecular complexity index is 2690. The van der Waals surface area contributed by atoms with Crippen molar-refractivity contribution in [2.45, 2.75) is 6.04 Å². The van der Waals surface area contributed by atoms with Gasteiger partial charge in [-0.15, -0.1) is 0 Å². The molecule has 8 aromatic carbocycles. The molecule has 1 N–H and O–H groups in total. The predicted molar refractivity (Wildman–Crippen MR) is 207 cm³/mol. The van der Waals surface area contributed by atoms with Gasteiger partial charge in [0, 0.05) is 11.1 Å². The first-order valence-electron chi connectivity index (χ1n) is 17.0. The molecule has 2 heteroatoms. The minimum Gasteiger partial charge on any atom is -0.381 e. The van der Waals surface area contributed by atoms with Crippen molar-refractivity contribution in [2.75, 3.05) is 0 Å². The van der Waals surface area contributed by atoms with Gasteiger partial charge in [0.05, 0.1) is 17.3 Å². The van der Waals surface area contributed by atoms with Crippen LogP contribution in [0, 0.1) is 0 Å². The lowest BCUT2D eigenvalue weighted by molar-refractivity contribution is 0.746. The Morgan fingerprint density at radius 2 is 1.10 bits per heavy atom. The summed E-state index contributed by atoms with van der Waals surface area (Å²) in [6.07, 6.45) is 8.35. The Labute approximate surface area is 285 Å². The van der Waals surface area contributed by atoms with Crippen molar-refractivity contribution in [2.24, 2.45) is 0 Å². The molecule has 0 bridgehead atoms. The zero-order valence-electron chi connectivity index (χ0n) is 26.8. The van der Waals surface area contributed by atoms with E-state index in [1.165, 1.54) is 82.3 Å². The summed E-state index contributed by atoms with van der Waals surface area (Å²) in [7, 11) is 0. The molecule has 0 spiro atoms. The molecule has 0 saturated heterocycles. The minimum atomic E-state index is 0.190. The smallest absolute Gasteiger partial charge is 0.0695 e. The second kappa shape index (κ2) is 11.1. The fourth-order valence-corrected chi connectivity index (χ4v) is 7.87. The van der Waals surface area contributed by atoms with Crippen molar-refractivity contribution in [3.63, 3.8) is 0 Å². The third-order valence-corrected chi connectivity index (χ3v) is 10.2. The molecular formula is C47H32N2.